The first kappa shape index (κ1) is 14.8. The van der Waals surface area contributed by atoms with Crippen LogP contribution in [0.2, 0.25) is 0 Å². The van der Waals surface area contributed by atoms with E-state index in [-0.39, 0.29) is 12.0 Å². The normalized spacial score (nSPS) is 11.4. The van der Waals surface area contributed by atoms with Crippen LogP contribution in [0.3, 0.4) is 0 Å². The first-order chi connectivity index (χ1) is 9.38. The lowest BCUT2D eigenvalue weighted by Gasteiger charge is -2.12. The molecular formula is C15H10BrF3O. The van der Waals surface area contributed by atoms with Crippen molar-refractivity contribution < 1.29 is 18.0 Å². The molecule has 0 radical (unpaired) electrons. The maximum Gasteiger partial charge on any atom is 0.417 e. The summed E-state index contributed by atoms with van der Waals surface area (Å²) in [5.41, 5.74) is -0.522. The van der Waals surface area contributed by atoms with Crippen LogP contribution in [0.5, 0.6) is 0 Å². The number of hydrogen-bond acceptors (Lipinski definition) is 1. The summed E-state index contributed by atoms with van der Waals surface area (Å²) in [5, 5.41) is 0. The molecule has 2 aromatic carbocycles. The van der Waals surface area contributed by atoms with Crippen LogP contribution in [0.25, 0.3) is 0 Å². The van der Waals surface area contributed by atoms with Gasteiger partial charge in [0.1, 0.15) is 0 Å². The molecule has 20 heavy (non-hydrogen) atoms. The van der Waals surface area contributed by atoms with E-state index in [1.807, 2.05) is 0 Å². The molecule has 0 aliphatic carbocycles. The quantitative estimate of drug-likeness (QED) is 0.725. The summed E-state index contributed by atoms with van der Waals surface area (Å²) < 4.78 is 39.2. The molecule has 0 aliphatic rings. The van der Waals surface area contributed by atoms with Crippen molar-refractivity contribution in [3.63, 3.8) is 0 Å². The smallest absolute Gasteiger partial charge is 0.294 e. The SMILES string of the molecule is O=C(Cc1ccccc1)c1ccc(Br)cc1C(F)(F)F. The van der Waals surface area contributed by atoms with Crippen molar-refractivity contribution in [2.45, 2.75) is 12.6 Å². The fraction of sp³-hybridized carbons (Fsp3) is 0.133. The Morgan fingerprint density at radius 2 is 1.70 bits per heavy atom. The van der Waals surface area contributed by atoms with Gasteiger partial charge in [0.2, 0.25) is 0 Å². The molecule has 0 unspecified atom stereocenters. The molecule has 0 saturated heterocycles. The summed E-state index contributed by atoms with van der Waals surface area (Å²) in [6.45, 7) is 0. The van der Waals surface area contributed by atoms with Crippen LogP contribution in [0.15, 0.2) is 53.0 Å². The van der Waals surface area contributed by atoms with Crippen LogP contribution in [0.4, 0.5) is 13.2 Å². The zero-order valence-electron chi connectivity index (χ0n) is 10.2. The van der Waals surface area contributed by atoms with Gasteiger partial charge in [-0.15, -0.1) is 0 Å². The molecule has 0 heterocycles. The topological polar surface area (TPSA) is 17.1 Å². The van der Waals surface area contributed by atoms with E-state index >= 15 is 0 Å². The number of benzene rings is 2. The molecule has 0 N–H and O–H groups in total. The second-order valence-electron chi connectivity index (χ2n) is 4.27. The third-order valence-corrected chi connectivity index (χ3v) is 3.29. The Hall–Kier alpha value is -1.62. The zero-order valence-corrected chi connectivity index (χ0v) is 11.8. The van der Waals surface area contributed by atoms with E-state index in [0.29, 0.717) is 10.0 Å². The average Bonchev–Trinajstić information content (AvgIpc) is 2.38. The van der Waals surface area contributed by atoms with Crippen LogP contribution in [-0.2, 0) is 12.6 Å². The van der Waals surface area contributed by atoms with Crippen LogP contribution in [0, 0.1) is 0 Å². The second-order valence-corrected chi connectivity index (χ2v) is 5.19. The van der Waals surface area contributed by atoms with Gasteiger partial charge in [0.25, 0.3) is 0 Å². The van der Waals surface area contributed by atoms with E-state index in [2.05, 4.69) is 15.9 Å². The van der Waals surface area contributed by atoms with E-state index in [4.69, 9.17) is 0 Å². The fourth-order valence-electron chi connectivity index (χ4n) is 1.87. The molecule has 104 valence electrons. The van der Waals surface area contributed by atoms with Gasteiger partial charge in [0.05, 0.1) is 5.56 Å². The third-order valence-electron chi connectivity index (χ3n) is 2.79. The highest BCUT2D eigenvalue weighted by molar-refractivity contribution is 9.10. The molecule has 1 nitrogen and oxygen atoms in total. The van der Waals surface area contributed by atoms with Crippen LogP contribution in [-0.4, -0.2) is 5.78 Å². The van der Waals surface area contributed by atoms with E-state index < -0.39 is 17.5 Å². The van der Waals surface area contributed by atoms with Crippen molar-refractivity contribution >= 4 is 21.7 Å². The number of carbonyl (C=O) groups excluding carboxylic acids is 1. The Balaban J connectivity index is 2.35. The first-order valence-electron chi connectivity index (χ1n) is 5.82. The molecule has 0 fully saturated rings. The summed E-state index contributed by atoms with van der Waals surface area (Å²) in [7, 11) is 0. The highest BCUT2D eigenvalue weighted by atomic mass is 79.9. The van der Waals surface area contributed by atoms with Crippen molar-refractivity contribution in [1.29, 1.82) is 0 Å². The van der Waals surface area contributed by atoms with Gasteiger partial charge in [-0.25, -0.2) is 0 Å². The molecule has 0 spiro atoms. The lowest BCUT2D eigenvalue weighted by molar-refractivity contribution is -0.138. The minimum Gasteiger partial charge on any atom is -0.294 e. The summed E-state index contributed by atoms with van der Waals surface area (Å²) in [6, 6.07) is 12.3. The molecule has 0 aliphatic heterocycles. The summed E-state index contributed by atoms with van der Waals surface area (Å²) in [5.74, 6) is -0.545. The Morgan fingerprint density at radius 3 is 2.30 bits per heavy atom. The van der Waals surface area contributed by atoms with E-state index in [1.54, 1.807) is 30.3 Å². The van der Waals surface area contributed by atoms with Gasteiger partial charge in [0.15, 0.2) is 5.78 Å². The summed E-state index contributed by atoms with van der Waals surface area (Å²) >= 11 is 2.99. The lowest BCUT2D eigenvalue weighted by atomic mass is 9.98. The largest absolute Gasteiger partial charge is 0.417 e. The van der Waals surface area contributed by atoms with E-state index in [0.717, 1.165) is 6.07 Å². The van der Waals surface area contributed by atoms with Crippen LogP contribution in [0.1, 0.15) is 21.5 Å². The molecule has 5 heteroatoms. The molecule has 0 amide bonds. The second kappa shape index (κ2) is 5.79. The fourth-order valence-corrected chi connectivity index (χ4v) is 2.23. The van der Waals surface area contributed by atoms with Crippen molar-refractivity contribution in [2.75, 3.05) is 0 Å². The van der Waals surface area contributed by atoms with E-state index in [1.165, 1.54) is 12.1 Å². The Bertz CT molecular complexity index is 621. The lowest BCUT2D eigenvalue weighted by Crippen LogP contribution is -2.14. The molecule has 0 bridgehead atoms. The third kappa shape index (κ3) is 3.48. The highest BCUT2D eigenvalue weighted by Crippen LogP contribution is 2.34. The maximum absolute atomic E-state index is 13.0. The van der Waals surface area contributed by atoms with Crippen molar-refractivity contribution in [3.05, 3.63) is 69.7 Å². The van der Waals surface area contributed by atoms with Crippen molar-refractivity contribution in [1.82, 2.24) is 0 Å². The number of carbonyl (C=O) groups is 1. The minimum absolute atomic E-state index is 0.0500. The van der Waals surface area contributed by atoms with Gasteiger partial charge < -0.3 is 0 Å². The maximum atomic E-state index is 13.0. The minimum atomic E-state index is -4.55. The number of alkyl halides is 3. The number of ketones is 1. The Morgan fingerprint density at radius 1 is 1.05 bits per heavy atom. The predicted molar refractivity (Wildman–Crippen MR) is 73.6 cm³/mol. The standard InChI is InChI=1S/C15H10BrF3O/c16-11-6-7-12(13(9-11)15(17,18)19)14(20)8-10-4-2-1-3-5-10/h1-7,9H,8H2. The van der Waals surface area contributed by atoms with Gasteiger partial charge >= 0.3 is 6.18 Å². The monoisotopic (exact) mass is 342 g/mol. The molecular weight excluding hydrogens is 333 g/mol. The molecule has 0 aromatic heterocycles. The van der Waals surface area contributed by atoms with Gasteiger partial charge in [0, 0.05) is 16.5 Å². The molecule has 2 aromatic rings. The molecule has 0 atom stereocenters. The number of hydrogen-bond donors (Lipinski definition) is 0. The van der Waals surface area contributed by atoms with Crippen LogP contribution < -0.4 is 0 Å². The number of Topliss-reactive ketones (excluding diaryl/α,β-unsaturated/α-hetero) is 1. The van der Waals surface area contributed by atoms with Crippen molar-refractivity contribution in [3.8, 4) is 0 Å². The number of halogens is 4. The zero-order chi connectivity index (χ0) is 14.8. The molecule has 0 saturated carbocycles. The average molecular weight is 343 g/mol. The van der Waals surface area contributed by atoms with Crippen LogP contribution >= 0.6 is 15.9 Å². The van der Waals surface area contributed by atoms with Gasteiger partial charge in [-0.2, -0.15) is 13.2 Å². The summed E-state index contributed by atoms with van der Waals surface area (Å²) in [6.07, 6.45) is -4.60. The van der Waals surface area contributed by atoms with E-state index in [9.17, 15) is 18.0 Å². The number of rotatable bonds is 3. The van der Waals surface area contributed by atoms with Gasteiger partial charge in [-0.3, -0.25) is 4.79 Å². The highest BCUT2D eigenvalue weighted by Gasteiger charge is 2.35. The Kier molecular flexibility index (Phi) is 4.28. The van der Waals surface area contributed by atoms with Gasteiger partial charge in [-0.05, 0) is 23.8 Å². The van der Waals surface area contributed by atoms with Crippen molar-refractivity contribution in [2.24, 2.45) is 0 Å². The Labute approximate surface area is 122 Å². The molecule has 2 rings (SSSR count). The van der Waals surface area contributed by atoms with Gasteiger partial charge in [-0.1, -0.05) is 46.3 Å². The summed E-state index contributed by atoms with van der Waals surface area (Å²) in [4.78, 5) is 12.1. The first-order valence-corrected chi connectivity index (χ1v) is 6.61. The predicted octanol–water partition coefficient (Wildman–Crippen LogP) is 4.89.